The van der Waals surface area contributed by atoms with E-state index in [1.807, 2.05) is 25.1 Å². The molecular weight excluding hydrogens is 206 g/mol. The number of benzene rings is 1. The highest BCUT2D eigenvalue weighted by Gasteiger charge is 2.07. The van der Waals surface area contributed by atoms with E-state index in [9.17, 15) is 4.21 Å². The maximum absolute atomic E-state index is 11.9. The second-order valence-electron chi connectivity index (χ2n) is 3.80. The minimum Gasteiger partial charge on any atom is -0.398 e. The lowest BCUT2D eigenvalue weighted by atomic mass is 10.2. The number of nitrogen functional groups attached to an aromatic ring is 1. The van der Waals surface area contributed by atoms with E-state index < -0.39 is 10.8 Å². The molecule has 0 aromatic heterocycles. The van der Waals surface area contributed by atoms with E-state index in [0.717, 1.165) is 35.5 Å². The Morgan fingerprint density at radius 3 is 2.67 bits per heavy atom. The van der Waals surface area contributed by atoms with Crippen molar-refractivity contribution in [1.29, 1.82) is 0 Å². The van der Waals surface area contributed by atoms with Gasteiger partial charge in [0, 0.05) is 11.4 Å². The first kappa shape index (κ1) is 12.2. The van der Waals surface area contributed by atoms with Crippen LogP contribution in [0.3, 0.4) is 0 Å². The average Bonchev–Trinajstić information content (AvgIpc) is 2.17. The highest BCUT2D eigenvalue weighted by atomic mass is 32.2. The van der Waals surface area contributed by atoms with Gasteiger partial charge < -0.3 is 5.73 Å². The Labute approximate surface area is 94.3 Å². The molecule has 2 N–H and O–H groups in total. The molecule has 0 saturated carbocycles. The molecule has 3 heteroatoms. The van der Waals surface area contributed by atoms with Crippen LogP contribution < -0.4 is 5.73 Å². The van der Waals surface area contributed by atoms with E-state index in [1.165, 1.54) is 0 Å². The quantitative estimate of drug-likeness (QED) is 0.618. The number of aryl methyl sites for hydroxylation is 1. The fraction of sp³-hybridized carbons (Fsp3) is 0.500. The molecule has 1 aromatic rings. The molecule has 0 radical (unpaired) electrons. The minimum atomic E-state index is -0.930. The molecule has 1 rings (SSSR count). The Hall–Kier alpha value is -0.830. The number of hydrogen-bond acceptors (Lipinski definition) is 2. The molecule has 0 aliphatic carbocycles. The van der Waals surface area contributed by atoms with E-state index in [2.05, 4.69) is 6.92 Å². The smallest absolute Gasteiger partial charge is 0.0617 e. The van der Waals surface area contributed by atoms with Crippen LogP contribution >= 0.6 is 0 Å². The second-order valence-corrected chi connectivity index (χ2v) is 5.34. The van der Waals surface area contributed by atoms with E-state index >= 15 is 0 Å². The summed E-state index contributed by atoms with van der Waals surface area (Å²) in [7, 11) is -0.930. The van der Waals surface area contributed by atoms with Gasteiger partial charge in [-0.15, -0.1) is 0 Å². The van der Waals surface area contributed by atoms with E-state index in [1.54, 1.807) is 0 Å². The van der Waals surface area contributed by atoms with Crippen molar-refractivity contribution >= 4 is 16.5 Å². The van der Waals surface area contributed by atoms with Crippen molar-refractivity contribution in [3.05, 3.63) is 23.8 Å². The summed E-state index contributed by atoms with van der Waals surface area (Å²) in [6.07, 6.45) is 3.30. The summed E-state index contributed by atoms with van der Waals surface area (Å²) in [4.78, 5) is 0.789. The Morgan fingerprint density at radius 2 is 2.07 bits per heavy atom. The monoisotopic (exact) mass is 225 g/mol. The number of unbranched alkanes of at least 4 members (excludes halogenated alkanes) is 2. The van der Waals surface area contributed by atoms with Crippen molar-refractivity contribution in [2.75, 3.05) is 11.5 Å². The molecule has 0 aliphatic rings. The van der Waals surface area contributed by atoms with Crippen LogP contribution in [-0.4, -0.2) is 9.96 Å². The lowest BCUT2D eigenvalue weighted by molar-refractivity contribution is 0.676. The van der Waals surface area contributed by atoms with Crippen LogP contribution in [0.25, 0.3) is 0 Å². The van der Waals surface area contributed by atoms with E-state index in [4.69, 9.17) is 5.73 Å². The molecule has 0 saturated heterocycles. The Balaban J connectivity index is 2.65. The molecule has 0 bridgehead atoms. The van der Waals surface area contributed by atoms with Crippen LogP contribution in [0.1, 0.15) is 31.7 Å². The number of nitrogens with two attached hydrogens (primary N) is 1. The van der Waals surface area contributed by atoms with Gasteiger partial charge in [-0.1, -0.05) is 25.8 Å². The largest absolute Gasteiger partial charge is 0.398 e. The van der Waals surface area contributed by atoms with Gasteiger partial charge in [-0.3, -0.25) is 4.21 Å². The standard InChI is InChI=1S/C12H19NOS/c1-3-4-5-8-15(14)12-7-6-10(2)9-11(12)13/h6-7,9H,3-5,8,13H2,1-2H3. The molecule has 2 nitrogen and oxygen atoms in total. The van der Waals surface area contributed by atoms with Crippen LogP contribution in [-0.2, 0) is 10.8 Å². The van der Waals surface area contributed by atoms with Crippen LogP contribution in [0, 0.1) is 6.92 Å². The normalized spacial score (nSPS) is 12.7. The highest BCUT2D eigenvalue weighted by molar-refractivity contribution is 7.85. The fourth-order valence-corrected chi connectivity index (χ4v) is 2.70. The molecule has 84 valence electrons. The molecule has 1 atom stereocenters. The average molecular weight is 225 g/mol. The Kier molecular flexibility index (Phi) is 4.82. The van der Waals surface area contributed by atoms with Crippen LogP contribution in [0.4, 0.5) is 5.69 Å². The third-order valence-corrected chi connectivity index (χ3v) is 3.87. The zero-order valence-electron chi connectivity index (χ0n) is 9.45. The number of hydrogen-bond donors (Lipinski definition) is 1. The predicted molar refractivity (Wildman–Crippen MR) is 66.4 cm³/mol. The molecule has 1 aromatic carbocycles. The van der Waals surface area contributed by atoms with Gasteiger partial charge in [0.1, 0.15) is 0 Å². The summed E-state index contributed by atoms with van der Waals surface area (Å²) in [6, 6.07) is 5.73. The molecule has 0 amide bonds. The topological polar surface area (TPSA) is 43.1 Å². The van der Waals surface area contributed by atoms with Crippen molar-refractivity contribution in [2.24, 2.45) is 0 Å². The van der Waals surface area contributed by atoms with Crippen molar-refractivity contribution in [1.82, 2.24) is 0 Å². The van der Waals surface area contributed by atoms with Crippen LogP contribution in [0.5, 0.6) is 0 Å². The third kappa shape index (κ3) is 3.67. The first-order valence-corrected chi connectivity index (χ1v) is 6.71. The first-order valence-electron chi connectivity index (χ1n) is 5.39. The summed E-state index contributed by atoms with van der Waals surface area (Å²) in [5.41, 5.74) is 7.60. The Morgan fingerprint density at radius 1 is 1.33 bits per heavy atom. The van der Waals surface area contributed by atoms with Crippen LogP contribution in [0.2, 0.25) is 0 Å². The van der Waals surface area contributed by atoms with Crippen LogP contribution in [0.15, 0.2) is 23.1 Å². The summed E-state index contributed by atoms with van der Waals surface area (Å²) in [5.74, 6) is 0.723. The predicted octanol–water partition coefficient (Wildman–Crippen LogP) is 2.88. The van der Waals surface area contributed by atoms with Gasteiger partial charge >= 0.3 is 0 Å². The fourth-order valence-electron chi connectivity index (χ4n) is 1.47. The molecule has 0 aliphatic heterocycles. The van der Waals surface area contributed by atoms with Gasteiger partial charge in [-0.25, -0.2) is 0 Å². The zero-order valence-corrected chi connectivity index (χ0v) is 10.3. The maximum Gasteiger partial charge on any atom is 0.0617 e. The minimum absolute atomic E-state index is 0.657. The van der Waals surface area contributed by atoms with Gasteiger partial charge in [0.15, 0.2) is 0 Å². The van der Waals surface area contributed by atoms with Gasteiger partial charge in [-0.05, 0) is 31.0 Å². The summed E-state index contributed by atoms with van der Waals surface area (Å²) in [5, 5.41) is 0. The molecule has 15 heavy (non-hydrogen) atoms. The molecule has 0 heterocycles. The van der Waals surface area contributed by atoms with Gasteiger partial charge in [-0.2, -0.15) is 0 Å². The van der Waals surface area contributed by atoms with Crippen molar-refractivity contribution in [3.8, 4) is 0 Å². The lowest BCUT2D eigenvalue weighted by Crippen LogP contribution is -2.02. The highest BCUT2D eigenvalue weighted by Crippen LogP contribution is 2.18. The zero-order chi connectivity index (χ0) is 11.3. The number of anilines is 1. The Bertz CT molecular complexity index is 349. The summed E-state index contributed by atoms with van der Waals surface area (Å²) in [6.45, 7) is 4.13. The van der Waals surface area contributed by atoms with Crippen molar-refractivity contribution in [2.45, 2.75) is 38.0 Å². The molecular formula is C12H19NOS. The molecule has 1 unspecified atom stereocenters. The summed E-state index contributed by atoms with van der Waals surface area (Å²) < 4.78 is 11.9. The lowest BCUT2D eigenvalue weighted by Gasteiger charge is -2.06. The molecule has 0 fully saturated rings. The maximum atomic E-state index is 11.9. The third-order valence-electron chi connectivity index (χ3n) is 2.34. The van der Waals surface area contributed by atoms with Crippen molar-refractivity contribution < 1.29 is 4.21 Å². The van der Waals surface area contributed by atoms with Gasteiger partial charge in [0.25, 0.3) is 0 Å². The summed E-state index contributed by atoms with van der Waals surface area (Å²) >= 11 is 0. The van der Waals surface area contributed by atoms with Gasteiger partial charge in [0.2, 0.25) is 0 Å². The number of rotatable bonds is 5. The van der Waals surface area contributed by atoms with E-state index in [0.29, 0.717) is 5.69 Å². The SMILES string of the molecule is CCCCCS(=O)c1ccc(C)cc1N. The van der Waals surface area contributed by atoms with E-state index in [-0.39, 0.29) is 0 Å². The van der Waals surface area contributed by atoms with Crippen molar-refractivity contribution in [3.63, 3.8) is 0 Å². The van der Waals surface area contributed by atoms with Gasteiger partial charge in [0.05, 0.1) is 15.7 Å². The first-order chi connectivity index (χ1) is 7.15. The molecule has 0 spiro atoms. The second kappa shape index (κ2) is 5.91.